The molecule has 1 saturated heterocycles. The highest BCUT2D eigenvalue weighted by atomic mass is 35.5. The lowest BCUT2D eigenvalue weighted by molar-refractivity contribution is -0.135. The third kappa shape index (κ3) is 3.55. The average molecular weight is 435 g/mol. The van der Waals surface area contributed by atoms with E-state index in [1.807, 2.05) is 24.3 Å². The molecular formula is C22H19ClN6O2. The van der Waals surface area contributed by atoms with Gasteiger partial charge in [0.2, 0.25) is 5.91 Å². The Hall–Kier alpha value is -3.65. The first-order valence-electron chi connectivity index (χ1n) is 9.82. The van der Waals surface area contributed by atoms with Gasteiger partial charge >= 0.3 is 0 Å². The summed E-state index contributed by atoms with van der Waals surface area (Å²) in [7, 11) is 0. The summed E-state index contributed by atoms with van der Waals surface area (Å²) in [6, 6.07) is 11.0. The summed E-state index contributed by atoms with van der Waals surface area (Å²) in [6.07, 6.45) is 3.12. The number of nitrogens with two attached hydrogens (primary N) is 1. The van der Waals surface area contributed by atoms with Crippen LogP contribution in [0.1, 0.15) is 15.9 Å². The summed E-state index contributed by atoms with van der Waals surface area (Å²) in [5.74, 6) is 0.170. The molecule has 1 aliphatic rings. The number of amides is 2. The number of nitrogens with zero attached hydrogens (tertiary/aromatic N) is 4. The molecule has 9 heteroatoms. The summed E-state index contributed by atoms with van der Waals surface area (Å²) < 4.78 is 0. The Morgan fingerprint density at radius 3 is 2.81 bits per heavy atom. The van der Waals surface area contributed by atoms with Gasteiger partial charge in [0.25, 0.3) is 5.91 Å². The molecule has 31 heavy (non-hydrogen) atoms. The first-order chi connectivity index (χ1) is 15.0. The smallest absolute Gasteiger partial charge is 0.254 e. The maximum Gasteiger partial charge on any atom is 0.254 e. The molecule has 2 aromatic carbocycles. The first-order valence-corrected chi connectivity index (χ1v) is 10.2. The Bertz CT molecular complexity index is 1330. The molecule has 5 rings (SSSR count). The van der Waals surface area contributed by atoms with Crippen molar-refractivity contribution in [1.82, 2.24) is 24.8 Å². The van der Waals surface area contributed by atoms with E-state index < -0.39 is 0 Å². The van der Waals surface area contributed by atoms with E-state index in [9.17, 15) is 9.59 Å². The third-order valence-corrected chi connectivity index (χ3v) is 5.90. The van der Waals surface area contributed by atoms with Gasteiger partial charge in [0.15, 0.2) is 0 Å². The standard InChI is InChI=1S/C22H19ClN6O2/c23-17-9-25-19-8-14(2-4-15(17)19)22(31)29-6-5-28(20(30)11-29)10-13-1-3-16-18(7-13)26-12-27-21(16)24/h1-4,7-9,12,25H,5-6,10-11H2,(H2,24,26,27). The molecule has 4 aromatic rings. The largest absolute Gasteiger partial charge is 0.383 e. The molecule has 156 valence electrons. The molecule has 8 nitrogen and oxygen atoms in total. The van der Waals surface area contributed by atoms with Crippen molar-refractivity contribution in [1.29, 1.82) is 0 Å². The molecule has 0 radical (unpaired) electrons. The van der Waals surface area contributed by atoms with Gasteiger partial charge in [-0.3, -0.25) is 9.59 Å². The van der Waals surface area contributed by atoms with Crippen LogP contribution in [0.5, 0.6) is 0 Å². The Morgan fingerprint density at radius 2 is 1.97 bits per heavy atom. The number of H-pyrrole nitrogens is 1. The zero-order valence-electron chi connectivity index (χ0n) is 16.5. The Balaban J connectivity index is 1.28. The van der Waals surface area contributed by atoms with Gasteiger partial charge in [-0.05, 0) is 29.8 Å². The van der Waals surface area contributed by atoms with Gasteiger partial charge < -0.3 is 20.5 Å². The molecule has 3 heterocycles. The summed E-state index contributed by atoms with van der Waals surface area (Å²) in [4.78, 5) is 40.3. The fraction of sp³-hybridized carbons (Fsp3) is 0.182. The molecule has 0 aliphatic carbocycles. The predicted molar refractivity (Wildman–Crippen MR) is 119 cm³/mol. The van der Waals surface area contributed by atoms with Gasteiger partial charge in [0.1, 0.15) is 18.7 Å². The zero-order valence-corrected chi connectivity index (χ0v) is 17.3. The van der Waals surface area contributed by atoms with Crippen LogP contribution in [0.4, 0.5) is 5.82 Å². The molecule has 2 aromatic heterocycles. The van der Waals surface area contributed by atoms with E-state index >= 15 is 0 Å². The van der Waals surface area contributed by atoms with Gasteiger partial charge in [-0.25, -0.2) is 9.97 Å². The molecule has 0 bridgehead atoms. The van der Waals surface area contributed by atoms with E-state index in [-0.39, 0.29) is 18.4 Å². The summed E-state index contributed by atoms with van der Waals surface area (Å²) in [5.41, 5.74) is 8.89. The van der Waals surface area contributed by atoms with E-state index in [1.165, 1.54) is 6.33 Å². The Labute approximate surface area is 182 Å². The van der Waals surface area contributed by atoms with Crippen LogP contribution >= 0.6 is 11.6 Å². The van der Waals surface area contributed by atoms with Crippen molar-refractivity contribution in [3.63, 3.8) is 0 Å². The summed E-state index contributed by atoms with van der Waals surface area (Å²) in [6.45, 7) is 1.43. The van der Waals surface area contributed by atoms with Crippen molar-refractivity contribution in [2.24, 2.45) is 0 Å². The minimum Gasteiger partial charge on any atom is -0.383 e. The molecule has 0 atom stereocenters. The number of carbonyl (C=O) groups is 2. The van der Waals surface area contributed by atoms with E-state index in [1.54, 1.807) is 28.1 Å². The minimum absolute atomic E-state index is 0.0467. The SMILES string of the molecule is Nc1ncnc2cc(CN3CCN(C(=O)c4ccc5c(Cl)c[nH]c5c4)CC3=O)ccc12. The van der Waals surface area contributed by atoms with Crippen LogP contribution in [-0.2, 0) is 11.3 Å². The topological polar surface area (TPSA) is 108 Å². The van der Waals surface area contributed by atoms with Crippen LogP contribution in [0.25, 0.3) is 21.8 Å². The highest BCUT2D eigenvalue weighted by Crippen LogP contribution is 2.25. The van der Waals surface area contributed by atoms with E-state index in [4.69, 9.17) is 17.3 Å². The van der Waals surface area contributed by atoms with Gasteiger partial charge in [-0.1, -0.05) is 23.7 Å². The van der Waals surface area contributed by atoms with Gasteiger partial charge in [0, 0.05) is 47.7 Å². The highest BCUT2D eigenvalue weighted by Gasteiger charge is 2.28. The van der Waals surface area contributed by atoms with Crippen LogP contribution in [0.2, 0.25) is 5.02 Å². The van der Waals surface area contributed by atoms with Crippen molar-refractivity contribution >= 4 is 51.0 Å². The van der Waals surface area contributed by atoms with Crippen molar-refractivity contribution in [3.8, 4) is 0 Å². The summed E-state index contributed by atoms with van der Waals surface area (Å²) >= 11 is 6.10. The van der Waals surface area contributed by atoms with E-state index in [0.717, 1.165) is 27.4 Å². The molecule has 2 amide bonds. The molecule has 3 N–H and O–H groups in total. The second-order valence-corrected chi connectivity index (χ2v) is 7.96. The third-order valence-electron chi connectivity index (χ3n) is 5.59. The van der Waals surface area contributed by atoms with Crippen molar-refractivity contribution in [2.45, 2.75) is 6.54 Å². The zero-order chi connectivity index (χ0) is 21.5. The second kappa shape index (κ2) is 7.55. The average Bonchev–Trinajstić information content (AvgIpc) is 3.15. The molecule has 1 fully saturated rings. The molecule has 0 saturated carbocycles. The predicted octanol–water partition coefficient (Wildman–Crippen LogP) is 2.83. The lowest BCUT2D eigenvalue weighted by atomic mass is 10.1. The van der Waals surface area contributed by atoms with Crippen molar-refractivity contribution < 1.29 is 9.59 Å². The fourth-order valence-electron chi connectivity index (χ4n) is 3.90. The summed E-state index contributed by atoms with van der Waals surface area (Å²) in [5, 5.41) is 2.26. The number of aromatic amines is 1. The number of nitrogen functional groups attached to an aromatic ring is 1. The van der Waals surface area contributed by atoms with Crippen molar-refractivity contribution in [3.05, 3.63) is 65.1 Å². The van der Waals surface area contributed by atoms with Crippen LogP contribution in [0.3, 0.4) is 0 Å². The molecule has 0 spiro atoms. The maximum absolute atomic E-state index is 12.9. The number of fused-ring (bicyclic) bond motifs is 2. The van der Waals surface area contributed by atoms with Crippen LogP contribution in [0, 0.1) is 0 Å². The number of hydrogen-bond acceptors (Lipinski definition) is 5. The highest BCUT2D eigenvalue weighted by molar-refractivity contribution is 6.35. The monoisotopic (exact) mass is 434 g/mol. The quantitative estimate of drug-likeness (QED) is 0.515. The number of nitrogens with one attached hydrogen (secondary N) is 1. The van der Waals surface area contributed by atoms with Gasteiger partial charge in [-0.15, -0.1) is 0 Å². The van der Waals surface area contributed by atoms with Gasteiger partial charge in [-0.2, -0.15) is 0 Å². The van der Waals surface area contributed by atoms with Crippen LogP contribution in [-0.4, -0.2) is 56.2 Å². The van der Waals surface area contributed by atoms with Crippen LogP contribution < -0.4 is 5.73 Å². The number of piperazine rings is 1. The minimum atomic E-state index is -0.168. The normalized spacial score (nSPS) is 14.5. The number of hydrogen-bond donors (Lipinski definition) is 2. The second-order valence-electron chi connectivity index (χ2n) is 7.55. The number of halogens is 1. The van der Waals surface area contributed by atoms with E-state index in [2.05, 4.69) is 15.0 Å². The molecule has 0 unspecified atom stereocenters. The first kappa shape index (κ1) is 19.3. The number of carbonyl (C=O) groups excluding carboxylic acids is 2. The van der Waals surface area contributed by atoms with Crippen molar-refractivity contribution in [2.75, 3.05) is 25.4 Å². The number of aromatic nitrogens is 3. The molecular weight excluding hydrogens is 416 g/mol. The van der Waals surface area contributed by atoms with Gasteiger partial charge in [0.05, 0.1) is 10.5 Å². The number of rotatable bonds is 3. The fourth-order valence-corrected chi connectivity index (χ4v) is 4.12. The Morgan fingerprint density at radius 1 is 1.13 bits per heavy atom. The van der Waals surface area contributed by atoms with E-state index in [0.29, 0.717) is 36.0 Å². The Kier molecular flexibility index (Phi) is 4.71. The van der Waals surface area contributed by atoms with Crippen LogP contribution in [0.15, 0.2) is 48.9 Å². The number of benzene rings is 2. The molecule has 1 aliphatic heterocycles. The lowest BCUT2D eigenvalue weighted by Gasteiger charge is -2.34. The number of anilines is 1. The lowest BCUT2D eigenvalue weighted by Crippen LogP contribution is -2.51. The maximum atomic E-state index is 12.9.